The van der Waals surface area contributed by atoms with Crippen LogP contribution in [0.1, 0.15) is 50.5 Å². The van der Waals surface area contributed by atoms with Gasteiger partial charge in [0.05, 0.1) is 6.10 Å². The van der Waals surface area contributed by atoms with Crippen molar-refractivity contribution in [3.05, 3.63) is 29.8 Å². The zero-order valence-corrected chi connectivity index (χ0v) is 12.5. The molecule has 1 aliphatic rings. The number of benzene rings is 1. The van der Waals surface area contributed by atoms with Crippen LogP contribution in [0.5, 0.6) is 0 Å². The SMILES string of the molecule is CC(c1ccc(SC2CCCCC2)cc1)C(O)CN. The lowest BCUT2D eigenvalue weighted by Gasteiger charge is -2.21. The molecule has 1 saturated carbocycles. The smallest absolute Gasteiger partial charge is 0.0728 e. The minimum atomic E-state index is -0.447. The zero-order valence-electron chi connectivity index (χ0n) is 11.7. The molecule has 1 fully saturated rings. The molecule has 2 unspecified atom stereocenters. The second kappa shape index (κ2) is 7.32. The predicted octanol–water partition coefficient (Wildman–Crippen LogP) is 3.53. The molecule has 0 saturated heterocycles. The molecule has 1 aromatic carbocycles. The van der Waals surface area contributed by atoms with Gasteiger partial charge in [0.1, 0.15) is 0 Å². The first-order valence-corrected chi connectivity index (χ1v) is 8.23. The van der Waals surface area contributed by atoms with Crippen LogP contribution in [0.15, 0.2) is 29.2 Å². The number of aliphatic hydroxyl groups is 1. The van der Waals surface area contributed by atoms with Gasteiger partial charge in [0.2, 0.25) is 0 Å². The lowest BCUT2D eigenvalue weighted by Crippen LogP contribution is -2.25. The van der Waals surface area contributed by atoms with Crippen molar-refractivity contribution in [2.24, 2.45) is 5.73 Å². The maximum absolute atomic E-state index is 9.78. The molecular formula is C16H25NOS. The Morgan fingerprint density at radius 2 is 1.84 bits per heavy atom. The van der Waals surface area contributed by atoms with Gasteiger partial charge in [-0.2, -0.15) is 0 Å². The summed E-state index contributed by atoms with van der Waals surface area (Å²) in [5.74, 6) is 0.110. The normalized spacial score (nSPS) is 20.2. The van der Waals surface area contributed by atoms with Crippen molar-refractivity contribution in [2.45, 2.75) is 61.2 Å². The largest absolute Gasteiger partial charge is 0.391 e. The second-order valence-electron chi connectivity index (χ2n) is 5.54. The van der Waals surface area contributed by atoms with E-state index in [0.29, 0.717) is 6.54 Å². The topological polar surface area (TPSA) is 46.2 Å². The van der Waals surface area contributed by atoms with E-state index in [1.807, 2.05) is 18.7 Å². The van der Waals surface area contributed by atoms with E-state index in [9.17, 15) is 5.11 Å². The molecule has 0 heterocycles. The van der Waals surface area contributed by atoms with Crippen molar-refractivity contribution in [3.8, 4) is 0 Å². The molecule has 3 N–H and O–H groups in total. The zero-order chi connectivity index (χ0) is 13.7. The standard InChI is InChI=1S/C16H25NOS/c1-12(16(18)11-17)13-7-9-15(10-8-13)19-14-5-3-2-4-6-14/h7-10,12,14,16,18H,2-6,11,17H2,1H3. The lowest BCUT2D eigenvalue weighted by atomic mass is 9.95. The molecule has 3 heteroatoms. The third kappa shape index (κ3) is 4.23. The van der Waals surface area contributed by atoms with Crippen LogP contribution in [0.4, 0.5) is 0 Å². The van der Waals surface area contributed by atoms with Gasteiger partial charge >= 0.3 is 0 Å². The molecule has 0 bridgehead atoms. The molecule has 0 spiro atoms. The molecule has 0 aromatic heterocycles. The average Bonchev–Trinajstić information content (AvgIpc) is 2.47. The van der Waals surface area contributed by atoms with E-state index in [0.717, 1.165) is 5.25 Å². The van der Waals surface area contributed by atoms with Crippen molar-refractivity contribution in [2.75, 3.05) is 6.54 Å². The van der Waals surface area contributed by atoms with Crippen molar-refractivity contribution in [1.29, 1.82) is 0 Å². The Kier molecular flexibility index (Phi) is 5.74. The van der Waals surface area contributed by atoms with E-state index in [1.54, 1.807) is 0 Å². The summed E-state index contributed by atoms with van der Waals surface area (Å²) in [5, 5.41) is 10.6. The molecule has 1 aromatic rings. The minimum absolute atomic E-state index is 0.110. The van der Waals surface area contributed by atoms with E-state index < -0.39 is 6.10 Å². The third-order valence-corrected chi connectivity index (χ3v) is 5.43. The summed E-state index contributed by atoms with van der Waals surface area (Å²) in [6.07, 6.45) is 6.44. The highest BCUT2D eigenvalue weighted by atomic mass is 32.2. The molecule has 19 heavy (non-hydrogen) atoms. The van der Waals surface area contributed by atoms with Gasteiger partial charge in [-0.15, -0.1) is 11.8 Å². The molecule has 0 radical (unpaired) electrons. The molecule has 2 nitrogen and oxygen atoms in total. The van der Waals surface area contributed by atoms with Gasteiger partial charge in [-0.25, -0.2) is 0 Å². The van der Waals surface area contributed by atoms with Crippen LogP contribution in [0.3, 0.4) is 0 Å². The van der Waals surface area contributed by atoms with E-state index in [2.05, 4.69) is 24.3 Å². The predicted molar refractivity (Wildman–Crippen MR) is 82.6 cm³/mol. The van der Waals surface area contributed by atoms with E-state index >= 15 is 0 Å². The van der Waals surface area contributed by atoms with Gasteiger partial charge in [-0.3, -0.25) is 0 Å². The monoisotopic (exact) mass is 279 g/mol. The number of aliphatic hydroxyl groups excluding tert-OH is 1. The Morgan fingerprint density at radius 1 is 1.21 bits per heavy atom. The molecule has 2 atom stereocenters. The Bertz CT molecular complexity index is 373. The highest BCUT2D eigenvalue weighted by Crippen LogP contribution is 2.34. The fraction of sp³-hybridized carbons (Fsp3) is 0.625. The fourth-order valence-electron chi connectivity index (χ4n) is 2.65. The van der Waals surface area contributed by atoms with E-state index in [-0.39, 0.29) is 5.92 Å². The number of hydrogen-bond acceptors (Lipinski definition) is 3. The molecule has 106 valence electrons. The number of hydrogen-bond donors (Lipinski definition) is 2. The highest BCUT2D eigenvalue weighted by Gasteiger charge is 2.16. The van der Waals surface area contributed by atoms with Crippen LogP contribution in [0.2, 0.25) is 0 Å². The Hall–Kier alpha value is -0.510. The van der Waals surface area contributed by atoms with Crippen LogP contribution in [0.25, 0.3) is 0 Å². The van der Waals surface area contributed by atoms with Crippen LogP contribution in [-0.2, 0) is 0 Å². The highest BCUT2D eigenvalue weighted by molar-refractivity contribution is 8.00. The lowest BCUT2D eigenvalue weighted by molar-refractivity contribution is 0.157. The van der Waals surface area contributed by atoms with Crippen molar-refractivity contribution < 1.29 is 5.11 Å². The molecular weight excluding hydrogens is 254 g/mol. The van der Waals surface area contributed by atoms with Gasteiger partial charge in [0.15, 0.2) is 0 Å². The first kappa shape index (κ1) is 14.9. The summed E-state index contributed by atoms with van der Waals surface area (Å²) in [7, 11) is 0. The van der Waals surface area contributed by atoms with E-state index in [4.69, 9.17) is 5.73 Å². The molecule has 2 rings (SSSR count). The number of rotatable bonds is 5. The van der Waals surface area contributed by atoms with Crippen LogP contribution in [-0.4, -0.2) is 23.0 Å². The first-order valence-electron chi connectivity index (χ1n) is 7.35. The van der Waals surface area contributed by atoms with E-state index in [1.165, 1.54) is 42.6 Å². The van der Waals surface area contributed by atoms with Crippen molar-refractivity contribution >= 4 is 11.8 Å². The van der Waals surface area contributed by atoms with Crippen LogP contribution >= 0.6 is 11.8 Å². The molecule has 0 amide bonds. The second-order valence-corrected chi connectivity index (χ2v) is 6.91. The molecule has 0 aliphatic heterocycles. The summed E-state index contributed by atoms with van der Waals surface area (Å²) in [4.78, 5) is 1.35. The quantitative estimate of drug-likeness (QED) is 0.866. The van der Waals surface area contributed by atoms with Gasteiger partial charge in [-0.05, 0) is 30.5 Å². The molecule has 1 aliphatic carbocycles. The number of nitrogens with two attached hydrogens (primary N) is 1. The minimum Gasteiger partial charge on any atom is -0.391 e. The summed E-state index contributed by atoms with van der Waals surface area (Å²) < 4.78 is 0. The Morgan fingerprint density at radius 3 is 2.42 bits per heavy atom. The maximum atomic E-state index is 9.78. The average molecular weight is 279 g/mol. The summed E-state index contributed by atoms with van der Waals surface area (Å²) >= 11 is 2.01. The van der Waals surface area contributed by atoms with Crippen LogP contribution in [0, 0.1) is 0 Å². The van der Waals surface area contributed by atoms with Crippen molar-refractivity contribution in [3.63, 3.8) is 0 Å². The van der Waals surface area contributed by atoms with Gasteiger partial charge < -0.3 is 10.8 Å². The fourth-order valence-corrected chi connectivity index (χ4v) is 3.90. The maximum Gasteiger partial charge on any atom is 0.0728 e. The van der Waals surface area contributed by atoms with Crippen molar-refractivity contribution in [1.82, 2.24) is 0 Å². The van der Waals surface area contributed by atoms with Gasteiger partial charge in [0, 0.05) is 22.6 Å². The van der Waals surface area contributed by atoms with Crippen LogP contribution < -0.4 is 5.73 Å². The van der Waals surface area contributed by atoms with Gasteiger partial charge in [0.25, 0.3) is 0 Å². The first-order chi connectivity index (χ1) is 9.20. The summed E-state index contributed by atoms with van der Waals surface area (Å²) in [5.41, 5.74) is 6.68. The summed E-state index contributed by atoms with van der Waals surface area (Å²) in [6.45, 7) is 2.35. The third-order valence-electron chi connectivity index (χ3n) is 4.08. The summed E-state index contributed by atoms with van der Waals surface area (Å²) in [6, 6.07) is 8.64. The number of thioether (sulfide) groups is 1. The Balaban J connectivity index is 1.94. The van der Waals surface area contributed by atoms with Gasteiger partial charge in [-0.1, -0.05) is 38.3 Å². The Labute approximate surface area is 120 Å².